The van der Waals surface area contributed by atoms with Crippen LogP contribution in [0.1, 0.15) is 48.0 Å². The minimum atomic E-state index is -0.397. The Labute approximate surface area is 139 Å². The summed E-state index contributed by atoms with van der Waals surface area (Å²) in [7, 11) is 0. The third-order valence-corrected chi connectivity index (χ3v) is 4.45. The fraction of sp³-hybridized carbons (Fsp3) is 0.389. The highest BCUT2D eigenvalue weighted by molar-refractivity contribution is 5.94. The maximum atomic E-state index is 13.1. The first-order valence-corrected chi connectivity index (χ1v) is 8.23. The van der Waals surface area contributed by atoms with E-state index >= 15 is 0 Å². The Hall–Kier alpha value is -2.50. The molecule has 1 aliphatic rings. The molecule has 1 aliphatic carbocycles. The van der Waals surface area contributed by atoms with Crippen LogP contribution in [0.5, 0.6) is 0 Å². The fourth-order valence-corrected chi connectivity index (χ4v) is 3.20. The first kappa shape index (κ1) is 16.4. The number of aromatic nitrogens is 2. The standard InChI is InChI=1S/C18H20FN3O2/c19-15-8-6-13(7-9-15)12-22(16-4-2-1-3-5-16)18(24)14-10-17(23)21-20-11-14/h6-11,16H,1-5,12H2,(H,21,23). The smallest absolute Gasteiger partial charge is 0.264 e. The summed E-state index contributed by atoms with van der Waals surface area (Å²) in [6.45, 7) is 0.399. The van der Waals surface area contributed by atoms with Crippen molar-refractivity contribution in [3.63, 3.8) is 0 Å². The molecule has 1 saturated carbocycles. The van der Waals surface area contributed by atoms with Crippen molar-refractivity contribution in [2.24, 2.45) is 0 Å². The zero-order chi connectivity index (χ0) is 16.9. The number of benzene rings is 1. The van der Waals surface area contributed by atoms with Crippen LogP contribution in [-0.2, 0) is 6.54 Å². The van der Waals surface area contributed by atoms with Crippen molar-refractivity contribution in [3.05, 3.63) is 63.8 Å². The van der Waals surface area contributed by atoms with Gasteiger partial charge in [-0.05, 0) is 30.5 Å². The molecule has 5 nitrogen and oxygen atoms in total. The first-order chi connectivity index (χ1) is 11.6. The molecule has 6 heteroatoms. The fourth-order valence-electron chi connectivity index (χ4n) is 3.20. The lowest BCUT2D eigenvalue weighted by Gasteiger charge is -2.34. The Kier molecular flexibility index (Phi) is 5.03. The molecule has 24 heavy (non-hydrogen) atoms. The Morgan fingerprint density at radius 1 is 1.21 bits per heavy atom. The Morgan fingerprint density at radius 3 is 2.58 bits per heavy atom. The van der Waals surface area contributed by atoms with Crippen LogP contribution < -0.4 is 5.56 Å². The molecule has 1 heterocycles. The lowest BCUT2D eigenvalue weighted by molar-refractivity contribution is 0.0613. The second kappa shape index (κ2) is 7.38. The van der Waals surface area contributed by atoms with Gasteiger partial charge in [0.1, 0.15) is 5.82 Å². The summed E-state index contributed by atoms with van der Waals surface area (Å²) in [5.41, 5.74) is 0.755. The number of carbonyl (C=O) groups is 1. The summed E-state index contributed by atoms with van der Waals surface area (Å²) >= 11 is 0. The van der Waals surface area contributed by atoms with E-state index in [0.717, 1.165) is 31.2 Å². The van der Waals surface area contributed by atoms with Crippen LogP contribution in [0, 0.1) is 5.82 Å². The van der Waals surface area contributed by atoms with E-state index in [4.69, 9.17) is 0 Å². The third kappa shape index (κ3) is 3.88. The normalized spacial score (nSPS) is 15.2. The van der Waals surface area contributed by atoms with E-state index in [9.17, 15) is 14.0 Å². The van der Waals surface area contributed by atoms with E-state index in [2.05, 4.69) is 10.2 Å². The molecule has 0 radical (unpaired) electrons. The van der Waals surface area contributed by atoms with Crippen molar-refractivity contribution in [2.75, 3.05) is 0 Å². The molecule has 3 rings (SSSR count). The summed E-state index contributed by atoms with van der Waals surface area (Å²) in [6.07, 6.45) is 6.63. The van der Waals surface area contributed by atoms with E-state index in [1.807, 2.05) is 0 Å². The first-order valence-electron chi connectivity index (χ1n) is 8.23. The number of nitrogens with one attached hydrogen (secondary N) is 1. The highest BCUT2D eigenvalue weighted by atomic mass is 19.1. The van der Waals surface area contributed by atoms with E-state index in [0.29, 0.717) is 6.54 Å². The Balaban J connectivity index is 1.87. The van der Waals surface area contributed by atoms with Gasteiger partial charge in [-0.3, -0.25) is 9.59 Å². The van der Waals surface area contributed by atoms with Crippen molar-refractivity contribution in [2.45, 2.75) is 44.7 Å². The van der Waals surface area contributed by atoms with Gasteiger partial charge in [0.15, 0.2) is 0 Å². The van der Waals surface area contributed by atoms with Crippen molar-refractivity contribution >= 4 is 5.91 Å². The molecule has 126 valence electrons. The molecule has 1 aromatic carbocycles. The molecular formula is C18H20FN3O2. The largest absolute Gasteiger partial charge is 0.331 e. The SMILES string of the molecule is O=C(c1cn[nH]c(=O)c1)N(Cc1ccc(F)cc1)C1CCCCC1. The van der Waals surface area contributed by atoms with Gasteiger partial charge < -0.3 is 4.90 Å². The summed E-state index contributed by atoms with van der Waals surface area (Å²) in [5.74, 6) is -0.502. The van der Waals surface area contributed by atoms with Gasteiger partial charge in [-0.2, -0.15) is 5.10 Å². The van der Waals surface area contributed by atoms with Crippen LogP contribution in [0.25, 0.3) is 0 Å². The topological polar surface area (TPSA) is 66.1 Å². The van der Waals surface area contributed by atoms with Crippen molar-refractivity contribution in [1.82, 2.24) is 15.1 Å². The Bertz CT molecular complexity index is 751. The van der Waals surface area contributed by atoms with E-state index in [1.54, 1.807) is 17.0 Å². The predicted molar refractivity (Wildman–Crippen MR) is 88.0 cm³/mol. The van der Waals surface area contributed by atoms with Gasteiger partial charge in [-0.15, -0.1) is 0 Å². The molecule has 0 spiro atoms. The number of carbonyl (C=O) groups excluding carboxylic acids is 1. The molecule has 0 aliphatic heterocycles. The van der Waals surface area contributed by atoms with Gasteiger partial charge in [0.05, 0.1) is 11.8 Å². The van der Waals surface area contributed by atoms with Crippen LogP contribution in [0.2, 0.25) is 0 Å². The zero-order valence-corrected chi connectivity index (χ0v) is 13.4. The second-order valence-corrected chi connectivity index (χ2v) is 6.19. The second-order valence-electron chi connectivity index (χ2n) is 6.19. The highest BCUT2D eigenvalue weighted by Gasteiger charge is 2.26. The summed E-state index contributed by atoms with van der Waals surface area (Å²) in [4.78, 5) is 26.2. The minimum Gasteiger partial charge on any atom is -0.331 e. The maximum Gasteiger partial charge on any atom is 0.264 e. The van der Waals surface area contributed by atoms with Gasteiger partial charge in [-0.25, -0.2) is 9.49 Å². The van der Waals surface area contributed by atoms with Gasteiger partial charge in [0.25, 0.3) is 11.5 Å². The molecule has 0 saturated heterocycles. The molecule has 0 atom stereocenters. The van der Waals surface area contributed by atoms with Crippen LogP contribution in [0.3, 0.4) is 0 Å². The van der Waals surface area contributed by atoms with Gasteiger partial charge in [0, 0.05) is 18.7 Å². The lowest BCUT2D eigenvalue weighted by atomic mass is 9.93. The number of amides is 1. The third-order valence-electron chi connectivity index (χ3n) is 4.45. The van der Waals surface area contributed by atoms with Crippen LogP contribution in [0.15, 0.2) is 41.3 Å². The molecular weight excluding hydrogens is 309 g/mol. The predicted octanol–water partition coefficient (Wildman–Crippen LogP) is 2.88. The number of H-pyrrole nitrogens is 1. The maximum absolute atomic E-state index is 13.1. The molecule has 1 amide bonds. The molecule has 1 fully saturated rings. The number of aromatic amines is 1. The monoisotopic (exact) mass is 329 g/mol. The summed E-state index contributed by atoms with van der Waals surface area (Å²) < 4.78 is 13.1. The molecule has 0 unspecified atom stereocenters. The number of nitrogens with zero attached hydrogens (tertiary/aromatic N) is 2. The van der Waals surface area contributed by atoms with Gasteiger partial charge >= 0.3 is 0 Å². The van der Waals surface area contributed by atoms with E-state index in [1.165, 1.54) is 30.8 Å². The number of hydrogen-bond acceptors (Lipinski definition) is 3. The average molecular weight is 329 g/mol. The van der Waals surface area contributed by atoms with Crippen molar-refractivity contribution < 1.29 is 9.18 Å². The van der Waals surface area contributed by atoms with E-state index in [-0.39, 0.29) is 23.3 Å². The molecule has 1 aromatic heterocycles. The average Bonchev–Trinajstić information content (AvgIpc) is 2.61. The molecule has 1 N–H and O–H groups in total. The number of halogens is 1. The summed E-state index contributed by atoms with van der Waals surface area (Å²) in [6, 6.07) is 7.58. The number of hydrogen-bond donors (Lipinski definition) is 1. The molecule has 0 bridgehead atoms. The van der Waals surface area contributed by atoms with E-state index < -0.39 is 5.56 Å². The highest BCUT2D eigenvalue weighted by Crippen LogP contribution is 2.25. The van der Waals surface area contributed by atoms with Gasteiger partial charge in [0.2, 0.25) is 0 Å². The van der Waals surface area contributed by atoms with Crippen molar-refractivity contribution in [3.8, 4) is 0 Å². The van der Waals surface area contributed by atoms with Gasteiger partial charge in [-0.1, -0.05) is 31.4 Å². The quantitative estimate of drug-likeness (QED) is 0.938. The van der Waals surface area contributed by atoms with Crippen LogP contribution in [0.4, 0.5) is 4.39 Å². The summed E-state index contributed by atoms with van der Waals surface area (Å²) in [5, 5.41) is 6.00. The van der Waals surface area contributed by atoms with Crippen molar-refractivity contribution in [1.29, 1.82) is 0 Å². The Morgan fingerprint density at radius 2 is 1.92 bits per heavy atom. The number of rotatable bonds is 4. The molecule has 2 aromatic rings. The van der Waals surface area contributed by atoms with Crippen LogP contribution >= 0.6 is 0 Å². The minimum absolute atomic E-state index is 0.135. The van der Waals surface area contributed by atoms with Crippen LogP contribution in [-0.4, -0.2) is 27.0 Å². The lowest BCUT2D eigenvalue weighted by Crippen LogP contribution is -2.41. The zero-order valence-electron chi connectivity index (χ0n) is 13.4.